The van der Waals surface area contributed by atoms with Crippen LogP contribution in [0.2, 0.25) is 0 Å². The Labute approximate surface area is 134 Å². The van der Waals surface area contributed by atoms with Crippen molar-refractivity contribution in [2.45, 2.75) is 62.5 Å². The van der Waals surface area contributed by atoms with E-state index in [1.54, 1.807) is 0 Å². The van der Waals surface area contributed by atoms with Crippen molar-refractivity contribution < 1.29 is 10.2 Å². The molecule has 0 radical (unpaired) electrons. The van der Waals surface area contributed by atoms with Crippen LogP contribution in [0.25, 0.3) is 0 Å². The molecule has 0 aliphatic carbocycles. The van der Waals surface area contributed by atoms with Gasteiger partial charge in [-0.05, 0) is 44.1 Å². The lowest BCUT2D eigenvalue weighted by Crippen LogP contribution is -2.57. The van der Waals surface area contributed by atoms with Crippen LogP contribution in [0.5, 0.6) is 0 Å². The maximum Gasteiger partial charge on any atom is 0.0675 e. The minimum Gasteiger partial charge on any atom is -0.396 e. The van der Waals surface area contributed by atoms with Gasteiger partial charge in [-0.3, -0.25) is 4.90 Å². The molecule has 0 saturated carbocycles. The Kier molecular flexibility index (Phi) is 4.58. The predicted molar refractivity (Wildman–Crippen MR) is 88.9 cm³/mol. The molecule has 2 saturated heterocycles. The summed E-state index contributed by atoms with van der Waals surface area (Å²) in [5.74, 6) is 0. The maximum atomic E-state index is 10.8. The number of hydrogen-bond donors (Lipinski definition) is 2. The second-order valence-corrected chi connectivity index (χ2v) is 7.60. The van der Waals surface area contributed by atoms with Gasteiger partial charge >= 0.3 is 0 Å². The molecule has 2 heterocycles. The van der Waals surface area contributed by atoms with Crippen molar-refractivity contribution in [3.05, 3.63) is 35.9 Å². The molecule has 1 aromatic rings. The van der Waals surface area contributed by atoms with Gasteiger partial charge in [-0.2, -0.15) is 0 Å². The number of aliphatic hydroxyl groups excluding tert-OH is 1. The topological polar surface area (TPSA) is 43.7 Å². The van der Waals surface area contributed by atoms with E-state index in [9.17, 15) is 5.11 Å². The quantitative estimate of drug-likeness (QED) is 0.899. The van der Waals surface area contributed by atoms with Crippen LogP contribution in [0, 0.1) is 0 Å². The fraction of sp³-hybridized carbons (Fsp3) is 0.684. The number of aliphatic hydroxyl groups is 2. The van der Waals surface area contributed by atoms with Crippen LogP contribution in [-0.2, 0) is 5.41 Å². The van der Waals surface area contributed by atoms with Crippen LogP contribution in [-0.4, -0.2) is 46.5 Å². The third-order valence-corrected chi connectivity index (χ3v) is 5.85. The number of nitrogens with zero attached hydrogens (tertiary/aromatic N) is 1. The van der Waals surface area contributed by atoms with E-state index in [4.69, 9.17) is 5.11 Å². The second kappa shape index (κ2) is 6.31. The number of piperidine rings is 2. The SMILES string of the molecule is CC1(c2ccccc2)CCC2CC(O)(CCCO)CCN2C1. The molecule has 0 bridgehead atoms. The van der Waals surface area contributed by atoms with Crippen molar-refractivity contribution in [2.75, 3.05) is 19.7 Å². The predicted octanol–water partition coefficient (Wildman–Crippen LogP) is 2.71. The molecule has 3 unspecified atom stereocenters. The first-order valence-electron chi connectivity index (χ1n) is 8.68. The molecule has 1 aromatic carbocycles. The van der Waals surface area contributed by atoms with Crippen LogP contribution < -0.4 is 0 Å². The normalized spacial score (nSPS) is 36.0. The van der Waals surface area contributed by atoms with E-state index >= 15 is 0 Å². The van der Waals surface area contributed by atoms with E-state index in [1.165, 1.54) is 12.0 Å². The summed E-state index contributed by atoms with van der Waals surface area (Å²) in [7, 11) is 0. The molecular weight excluding hydrogens is 274 g/mol. The number of rotatable bonds is 4. The summed E-state index contributed by atoms with van der Waals surface area (Å²) in [6, 6.07) is 11.4. The van der Waals surface area contributed by atoms with Gasteiger partial charge in [0.25, 0.3) is 0 Å². The van der Waals surface area contributed by atoms with Gasteiger partial charge in [0.05, 0.1) is 5.60 Å². The molecule has 2 fully saturated rings. The number of fused-ring (bicyclic) bond motifs is 1. The van der Waals surface area contributed by atoms with Gasteiger partial charge in [-0.25, -0.2) is 0 Å². The van der Waals surface area contributed by atoms with Crippen molar-refractivity contribution in [3.63, 3.8) is 0 Å². The molecule has 3 heteroatoms. The second-order valence-electron chi connectivity index (χ2n) is 7.60. The molecular formula is C19H29NO2. The highest BCUT2D eigenvalue weighted by Crippen LogP contribution is 2.41. The van der Waals surface area contributed by atoms with Gasteiger partial charge in [-0.1, -0.05) is 37.3 Å². The fourth-order valence-electron chi connectivity index (χ4n) is 4.42. The molecule has 3 atom stereocenters. The number of benzene rings is 1. The highest BCUT2D eigenvalue weighted by atomic mass is 16.3. The highest BCUT2D eigenvalue weighted by molar-refractivity contribution is 5.26. The minimum absolute atomic E-state index is 0.183. The van der Waals surface area contributed by atoms with Gasteiger partial charge in [0.15, 0.2) is 0 Å². The van der Waals surface area contributed by atoms with Gasteiger partial charge in [0.1, 0.15) is 0 Å². The average molecular weight is 303 g/mol. The van der Waals surface area contributed by atoms with E-state index < -0.39 is 5.60 Å². The summed E-state index contributed by atoms with van der Waals surface area (Å²) in [5.41, 5.74) is 1.12. The zero-order valence-corrected chi connectivity index (χ0v) is 13.7. The molecule has 3 nitrogen and oxygen atoms in total. The number of hydrogen-bond acceptors (Lipinski definition) is 3. The molecule has 2 aliphatic rings. The van der Waals surface area contributed by atoms with Gasteiger partial charge in [0.2, 0.25) is 0 Å². The van der Waals surface area contributed by atoms with E-state index in [0.717, 1.165) is 38.8 Å². The van der Waals surface area contributed by atoms with Crippen molar-refractivity contribution in [1.82, 2.24) is 4.90 Å². The van der Waals surface area contributed by atoms with E-state index in [-0.39, 0.29) is 12.0 Å². The van der Waals surface area contributed by atoms with Crippen LogP contribution >= 0.6 is 0 Å². The smallest absolute Gasteiger partial charge is 0.0675 e. The zero-order chi connectivity index (χ0) is 15.6. The Bertz CT molecular complexity index is 491. The third kappa shape index (κ3) is 3.22. The van der Waals surface area contributed by atoms with Crippen LogP contribution in [0.1, 0.15) is 51.0 Å². The van der Waals surface area contributed by atoms with Gasteiger partial charge < -0.3 is 10.2 Å². The Hall–Kier alpha value is -0.900. The largest absolute Gasteiger partial charge is 0.396 e. The lowest BCUT2D eigenvalue weighted by atomic mass is 9.70. The Balaban J connectivity index is 1.67. The van der Waals surface area contributed by atoms with Crippen molar-refractivity contribution in [1.29, 1.82) is 0 Å². The van der Waals surface area contributed by atoms with E-state index in [2.05, 4.69) is 42.2 Å². The Morgan fingerprint density at radius 1 is 1.23 bits per heavy atom. The van der Waals surface area contributed by atoms with E-state index in [0.29, 0.717) is 12.5 Å². The van der Waals surface area contributed by atoms with Crippen LogP contribution in [0.3, 0.4) is 0 Å². The van der Waals surface area contributed by atoms with Crippen molar-refractivity contribution in [2.24, 2.45) is 0 Å². The monoisotopic (exact) mass is 303 g/mol. The van der Waals surface area contributed by atoms with Crippen LogP contribution in [0.15, 0.2) is 30.3 Å². The molecule has 22 heavy (non-hydrogen) atoms. The molecule has 3 rings (SSSR count). The first-order chi connectivity index (χ1) is 10.5. The Morgan fingerprint density at radius 3 is 2.73 bits per heavy atom. The zero-order valence-electron chi connectivity index (χ0n) is 13.7. The minimum atomic E-state index is -0.551. The first kappa shape index (κ1) is 16.0. The highest BCUT2D eigenvalue weighted by Gasteiger charge is 2.44. The van der Waals surface area contributed by atoms with Gasteiger partial charge in [0, 0.05) is 31.2 Å². The first-order valence-corrected chi connectivity index (χ1v) is 8.68. The van der Waals surface area contributed by atoms with E-state index in [1.807, 2.05) is 0 Å². The molecule has 2 N–H and O–H groups in total. The lowest BCUT2D eigenvalue weighted by molar-refractivity contribution is -0.0734. The van der Waals surface area contributed by atoms with Crippen molar-refractivity contribution in [3.8, 4) is 0 Å². The summed E-state index contributed by atoms with van der Waals surface area (Å²) in [6.07, 6.45) is 5.52. The van der Waals surface area contributed by atoms with Crippen LogP contribution in [0.4, 0.5) is 0 Å². The fourth-order valence-corrected chi connectivity index (χ4v) is 4.42. The molecule has 0 amide bonds. The lowest BCUT2D eigenvalue weighted by Gasteiger charge is -2.51. The third-order valence-electron chi connectivity index (χ3n) is 5.85. The summed E-state index contributed by atoms with van der Waals surface area (Å²) in [5, 5.41) is 19.8. The Morgan fingerprint density at radius 2 is 2.00 bits per heavy atom. The maximum absolute atomic E-state index is 10.8. The summed E-state index contributed by atoms with van der Waals surface area (Å²) in [4.78, 5) is 2.59. The summed E-state index contributed by atoms with van der Waals surface area (Å²) < 4.78 is 0. The molecule has 2 aliphatic heterocycles. The van der Waals surface area contributed by atoms with Crippen molar-refractivity contribution >= 4 is 0 Å². The molecule has 122 valence electrons. The molecule has 0 spiro atoms. The van der Waals surface area contributed by atoms with Gasteiger partial charge in [-0.15, -0.1) is 0 Å². The summed E-state index contributed by atoms with van der Waals surface area (Å²) >= 11 is 0. The summed E-state index contributed by atoms with van der Waals surface area (Å²) in [6.45, 7) is 4.64. The molecule has 0 aromatic heterocycles. The standard InChI is InChI=1S/C19H29NO2/c1-18(16-6-3-2-4-7-16)10-8-17-14-19(22,9-5-13-21)11-12-20(17)15-18/h2-4,6-7,17,21-22H,5,8-15H2,1H3. The average Bonchev–Trinajstić information content (AvgIpc) is 2.54.